The number of amides is 4. The fraction of sp³-hybridized carbons (Fsp3) is 0.414. The minimum atomic E-state index is -1.17. The first-order chi connectivity index (χ1) is 20.7. The largest absolute Gasteiger partial charge is 0.482 e. The number of carbonyl (C=O) groups excluding carboxylic acids is 3. The summed E-state index contributed by atoms with van der Waals surface area (Å²) in [5.74, 6) is -1.37. The maximum atomic E-state index is 12.9. The molecule has 230 valence electrons. The normalized spacial score (nSPS) is 18.6. The molecule has 0 aliphatic carbocycles. The topological polar surface area (TPSA) is 192 Å². The van der Waals surface area contributed by atoms with Crippen LogP contribution in [0.5, 0.6) is 11.5 Å². The molecule has 4 amide bonds. The van der Waals surface area contributed by atoms with E-state index in [2.05, 4.69) is 21.3 Å². The lowest BCUT2D eigenvalue weighted by atomic mass is 10.0. The van der Waals surface area contributed by atoms with Crippen LogP contribution in [0.3, 0.4) is 0 Å². The maximum Gasteiger partial charge on any atom is 0.341 e. The van der Waals surface area contributed by atoms with E-state index in [1.807, 2.05) is 11.8 Å². The monoisotopic (exact) mass is 614 g/mol. The van der Waals surface area contributed by atoms with Crippen LogP contribution in [0.2, 0.25) is 0 Å². The van der Waals surface area contributed by atoms with Gasteiger partial charge in [-0.05, 0) is 54.3 Å². The average Bonchev–Trinajstić information content (AvgIpc) is 3.54. The highest BCUT2D eigenvalue weighted by atomic mass is 32.2. The van der Waals surface area contributed by atoms with Crippen LogP contribution in [-0.2, 0) is 14.4 Å². The lowest BCUT2D eigenvalue weighted by molar-refractivity contribution is -0.140. The van der Waals surface area contributed by atoms with Crippen LogP contribution in [0.1, 0.15) is 36.0 Å². The van der Waals surface area contributed by atoms with E-state index in [1.54, 1.807) is 36.4 Å². The van der Waals surface area contributed by atoms with Crippen molar-refractivity contribution in [2.24, 2.45) is 0 Å². The van der Waals surface area contributed by atoms with E-state index in [4.69, 9.17) is 19.7 Å². The molecule has 2 fully saturated rings. The Kier molecular flexibility index (Phi) is 11.1. The molecule has 0 spiro atoms. The second-order valence-corrected chi connectivity index (χ2v) is 11.4. The summed E-state index contributed by atoms with van der Waals surface area (Å²) >= 11 is 1.85. The molecule has 13 nitrogen and oxygen atoms in total. The molecule has 2 heterocycles. The Hall–Kier alpha value is -4.46. The van der Waals surface area contributed by atoms with Crippen LogP contribution in [0.15, 0.2) is 42.5 Å². The summed E-state index contributed by atoms with van der Waals surface area (Å²) in [6.45, 7) is -0.648. The van der Waals surface area contributed by atoms with Gasteiger partial charge in [-0.3, -0.25) is 9.59 Å². The molecule has 3 atom stereocenters. The third-order valence-corrected chi connectivity index (χ3v) is 8.40. The number of carbonyl (C=O) groups is 5. The third kappa shape index (κ3) is 9.53. The molecule has 14 heteroatoms. The lowest BCUT2D eigenvalue weighted by Gasteiger charge is -2.16. The lowest BCUT2D eigenvalue weighted by Crippen LogP contribution is -2.36. The molecule has 0 aromatic heterocycles. The number of aliphatic carboxylic acids is 2. The summed E-state index contributed by atoms with van der Waals surface area (Å²) in [7, 11) is 0. The first-order valence-electron chi connectivity index (χ1n) is 13.9. The zero-order valence-corrected chi connectivity index (χ0v) is 24.1. The summed E-state index contributed by atoms with van der Waals surface area (Å²) in [4.78, 5) is 58.4. The smallest absolute Gasteiger partial charge is 0.341 e. The van der Waals surface area contributed by atoms with Crippen molar-refractivity contribution < 1.29 is 43.7 Å². The average molecular weight is 615 g/mol. The van der Waals surface area contributed by atoms with Gasteiger partial charge in [-0.2, -0.15) is 11.8 Å². The molecule has 0 saturated carbocycles. The Labute approximate surface area is 252 Å². The highest BCUT2D eigenvalue weighted by molar-refractivity contribution is 8.00. The minimum absolute atomic E-state index is 0.107. The maximum absolute atomic E-state index is 12.9. The standard InChI is InChI=1S/C29H34N4O9S/c34-24(4-2-1-3-23-27-22(16-43-23)32-29(40)33-27)30-9-10-31-28(39)19-11-18(12-21(13-19)42-15-26(37)38)17-5-7-20(8-6-17)41-14-25(35)36/h5-8,11-13,22-23,27H,1-4,9-10,14-16H2,(H,30,34)(H,31,39)(H,35,36)(H,37,38)(H2,32,33,40)/t22-,23-,27-/m0/s1. The van der Waals surface area contributed by atoms with Crippen LogP contribution < -0.4 is 30.7 Å². The van der Waals surface area contributed by atoms with Gasteiger partial charge in [0, 0.05) is 36.1 Å². The molecule has 2 saturated heterocycles. The minimum Gasteiger partial charge on any atom is -0.482 e. The predicted octanol–water partition coefficient (Wildman–Crippen LogP) is 1.85. The summed E-state index contributed by atoms with van der Waals surface area (Å²) in [5, 5.41) is 29.6. The Morgan fingerprint density at radius 1 is 0.860 bits per heavy atom. The Morgan fingerprint density at radius 2 is 1.56 bits per heavy atom. The van der Waals surface area contributed by atoms with Gasteiger partial charge >= 0.3 is 18.0 Å². The van der Waals surface area contributed by atoms with Crippen LogP contribution in [0.25, 0.3) is 11.1 Å². The highest BCUT2D eigenvalue weighted by Gasteiger charge is 2.42. The molecule has 0 radical (unpaired) electrons. The van der Waals surface area contributed by atoms with E-state index < -0.39 is 31.1 Å². The number of unbranched alkanes of at least 4 members (excludes halogenated alkanes) is 1. The van der Waals surface area contributed by atoms with E-state index in [0.29, 0.717) is 28.5 Å². The van der Waals surface area contributed by atoms with Crippen LogP contribution in [0.4, 0.5) is 4.79 Å². The number of thioether (sulfide) groups is 1. The van der Waals surface area contributed by atoms with Gasteiger partial charge in [0.1, 0.15) is 11.5 Å². The quantitative estimate of drug-likeness (QED) is 0.120. The van der Waals surface area contributed by atoms with Gasteiger partial charge in [-0.1, -0.05) is 18.6 Å². The molecule has 43 heavy (non-hydrogen) atoms. The second kappa shape index (κ2) is 15.1. The Morgan fingerprint density at radius 3 is 2.28 bits per heavy atom. The van der Waals surface area contributed by atoms with E-state index in [0.717, 1.165) is 25.0 Å². The molecule has 2 aromatic carbocycles. The number of nitrogens with one attached hydrogen (secondary N) is 4. The fourth-order valence-corrected chi connectivity index (χ4v) is 6.40. The van der Waals surface area contributed by atoms with Gasteiger partial charge in [0.2, 0.25) is 5.91 Å². The summed E-state index contributed by atoms with van der Waals surface area (Å²) in [5.41, 5.74) is 1.47. The number of fused-ring (bicyclic) bond motifs is 1. The number of benzene rings is 2. The van der Waals surface area contributed by atoms with E-state index in [9.17, 15) is 24.0 Å². The third-order valence-electron chi connectivity index (χ3n) is 6.89. The first kappa shape index (κ1) is 31.5. The van der Waals surface area contributed by atoms with Crippen molar-refractivity contribution in [2.75, 3.05) is 32.1 Å². The van der Waals surface area contributed by atoms with Crippen LogP contribution in [0, 0.1) is 0 Å². The van der Waals surface area contributed by atoms with Gasteiger partial charge in [0.05, 0.1) is 12.1 Å². The zero-order valence-electron chi connectivity index (χ0n) is 23.3. The number of carboxylic acid groups (broad SMARTS) is 2. The van der Waals surface area contributed by atoms with Crippen molar-refractivity contribution in [1.82, 2.24) is 21.3 Å². The molecule has 6 N–H and O–H groups in total. The molecule has 4 rings (SSSR count). The number of ether oxygens (including phenoxy) is 2. The molecular formula is C29H34N4O9S. The van der Waals surface area contributed by atoms with Crippen molar-refractivity contribution in [3.8, 4) is 22.6 Å². The predicted molar refractivity (Wildman–Crippen MR) is 157 cm³/mol. The van der Waals surface area contributed by atoms with Crippen molar-refractivity contribution in [1.29, 1.82) is 0 Å². The fourth-order valence-electron chi connectivity index (χ4n) is 4.86. The van der Waals surface area contributed by atoms with Gasteiger partial charge in [0.15, 0.2) is 13.2 Å². The second-order valence-electron chi connectivity index (χ2n) is 10.1. The first-order valence-corrected chi connectivity index (χ1v) is 14.9. The molecule has 2 aliphatic heterocycles. The van der Waals surface area contributed by atoms with Crippen LogP contribution >= 0.6 is 11.8 Å². The van der Waals surface area contributed by atoms with Crippen molar-refractivity contribution in [3.63, 3.8) is 0 Å². The van der Waals surface area contributed by atoms with E-state index in [1.165, 1.54) is 6.07 Å². The number of hydrogen-bond donors (Lipinski definition) is 6. The number of urea groups is 1. The van der Waals surface area contributed by atoms with Gasteiger partial charge in [-0.15, -0.1) is 0 Å². The molecular weight excluding hydrogens is 580 g/mol. The van der Waals surface area contributed by atoms with E-state index in [-0.39, 0.29) is 48.4 Å². The van der Waals surface area contributed by atoms with Crippen molar-refractivity contribution in [3.05, 3.63) is 48.0 Å². The summed E-state index contributed by atoms with van der Waals surface area (Å²) < 4.78 is 10.5. The number of hydrogen-bond acceptors (Lipinski definition) is 8. The van der Waals surface area contributed by atoms with Crippen molar-refractivity contribution >= 4 is 41.5 Å². The molecule has 2 aliphatic rings. The van der Waals surface area contributed by atoms with Gasteiger partial charge in [0.25, 0.3) is 5.91 Å². The van der Waals surface area contributed by atoms with Gasteiger partial charge in [-0.25, -0.2) is 14.4 Å². The summed E-state index contributed by atoms with van der Waals surface area (Å²) in [6.07, 6.45) is 2.90. The number of carboxylic acids is 2. The summed E-state index contributed by atoms with van der Waals surface area (Å²) in [6, 6.07) is 11.4. The SMILES string of the molecule is O=C(O)COc1ccc(-c2cc(OCC(=O)O)cc(C(=O)NCCNC(=O)CCCC[C@@H]3SC[C@@H]4NC(=O)N[C@@H]43)c2)cc1. The molecule has 0 bridgehead atoms. The van der Waals surface area contributed by atoms with Gasteiger partial charge < -0.3 is 41.0 Å². The highest BCUT2D eigenvalue weighted by Crippen LogP contribution is 2.33. The Balaban J connectivity index is 1.23. The van der Waals surface area contributed by atoms with E-state index >= 15 is 0 Å². The molecule has 2 aromatic rings. The molecule has 0 unspecified atom stereocenters. The zero-order chi connectivity index (χ0) is 30.8. The van der Waals surface area contributed by atoms with Crippen molar-refractivity contribution in [2.45, 2.75) is 43.0 Å². The van der Waals surface area contributed by atoms with Crippen LogP contribution in [-0.4, -0.2) is 89.4 Å². The number of rotatable bonds is 16. The Bertz CT molecular complexity index is 1340.